The molecule has 0 aromatic heterocycles. The van der Waals surface area contributed by atoms with Gasteiger partial charge in [-0.1, -0.05) is 48.5 Å². The number of para-hydroxylation sites is 1. The molecule has 3 aromatic rings. The molecule has 0 radical (unpaired) electrons. The van der Waals surface area contributed by atoms with E-state index in [0.717, 1.165) is 31.5 Å². The van der Waals surface area contributed by atoms with Crippen LogP contribution in [0.15, 0.2) is 89.8 Å². The Morgan fingerprint density at radius 2 is 1.37 bits per heavy atom. The van der Waals surface area contributed by atoms with Crippen LogP contribution in [0.5, 0.6) is 0 Å². The molecule has 1 saturated heterocycles. The van der Waals surface area contributed by atoms with Crippen LogP contribution in [-0.2, 0) is 16.6 Å². The highest BCUT2D eigenvalue weighted by Crippen LogP contribution is 2.26. The number of carbonyl (C=O) groups is 1. The maximum Gasteiger partial charge on any atom is 0.264 e. The van der Waals surface area contributed by atoms with Gasteiger partial charge in [0.25, 0.3) is 15.9 Å². The first-order chi connectivity index (χ1) is 14.6. The number of anilines is 1. The van der Waals surface area contributed by atoms with Crippen molar-refractivity contribution in [1.29, 1.82) is 0 Å². The minimum atomic E-state index is -3.73. The monoisotopic (exact) mass is 420 g/mol. The number of hydrogen-bond acceptors (Lipinski definition) is 3. The first-order valence-corrected chi connectivity index (χ1v) is 11.5. The predicted molar refractivity (Wildman–Crippen MR) is 118 cm³/mol. The van der Waals surface area contributed by atoms with Crippen LogP contribution in [0, 0.1) is 0 Å². The average molecular weight is 421 g/mol. The van der Waals surface area contributed by atoms with Crippen molar-refractivity contribution in [3.63, 3.8) is 0 Å². The highest BCUT2D eigenvalue weighted by atomic mass is 32.2. The zero-order chi connectivity index (χ0) is 21.0. The SMILES string of the molecule is O=C(c1ccc(CN(c2ccccc2)S(=O)(=O)c2ccccc2)cc1)N1CCCC1. The largest absolute Gasteiger partial charge is 0.339 e. The van der Waals surface area contributed by atoms with Crippen LogP contribution in [0.1, 0.15) is 28.8 Å². The van der Waals surface area contributed by atoms with E-state index < -0.39 is 10.0 Å². The summed E-state index contributed by atoms with van der Waals surface area (Å²) >= 11 is 0. The molecule has 1 aliphatic heterocycles. The molecule has 154 valence electrons. The van der Waals surface area contributed by atoms with Gasteiger partial charge in [0.1, 0.15) is 0 Å². The Bertz CT molecular complexity index is 1090. The molecule has 5 nitrogen and oxygen atoms in total. The number of sulfonamides is 1. The van der Waals surface area contributed by atoms with Gasteiger partial charge in [-0.3, -0.25) is 9.10 Å². The van der Waals surface area contributed by atoms with Gasteiger partial charge in [0, 0.05) is 18.7 Å². The second-order valence-electron chi connectivity index (χ2n) is 7.36. The minimum Gasteiger partial charge on any atom is -0.339 e. The fourth-order valence-electron chi connectivity index (χ4n) is 3.65. The van der Waals surface area contributed by atoms with Crippen molar-refractivity contribution in [3.05, 3.63) is 96.1 Å². The van der Waals surface area contributed by atoms with Gasteiger partial charge in [-0.25, -0.2) is 8.42 Å². The van der Waals surface area contributed by atoms with Crippen molar-refractivity contribution in [3.8, 4) is 0 Å². The van der Waals surface area contributed by atoms with Crippen molar-refractivity contribution in [2.45, 2.75) is 24.3 Å². The molecule has 1 fully saturated rings. The lowest BCUT2D eigenvalue weighted by atomic mass is 10.1. The van der Waals surface area contributed by atoms with Crippen molar-refractivity contribution < 1.29 is 13.2 Å². The van der Waals surface area contributed by atoms with E-state index in [1.54, 1.807) is 54.6 Å². The molecule has 6 heteroatoms. The summed E-state index contributed by atoms with van der Waals surface area (Å²) in [5, 5.41) is 0. The van der Waals surface area contributed by atoms with E-state index in [1.165, 1.54) is 4.31 Å². The summed E-state index contributed by atoms with van der Waals surface area (Å²) < 4.78 is 28.1. The lowest BCUT2D eigenvalue weighted by Gasteiger charge is -2.25. The lowest BCUT2D eigenvalue weighted by molar-refractivity contribution is 0.0793. The second-order valence-corrected chi connectivity index (χ2v) is 9.22. The Balaban J connectivity index is 1.62. The van der Waals surface area contributed by atoms with Gasteiger partial charge in [0.05, 0.1) is 17.1 Å². The molecule has 0 N–H and O–H groups in total. The molecule has 0 bridgehead atoms. The molecule has 1 amide bonds. The summed E-state index contributed by atoms with van der Waals surface area (Å²) in [5.74, 6) is 0.0378. The van der Waals surface area contributed by atoms with Crippen molar-refractivity contribution in [2.75, 3.05) is 17.4 Å². The van der Waals surface area contributed by atoms with Crippen molar-refractivity contribution in [2.24, 2.45) is 0 Å². The van der Waals surface area contributed by atoms with E-state index in [2.05, 4.69) is 0 Å². The fourth-order valence-corrected chi connectivity index (χ4v) is 5.12. The number of benzene rings is 3. The smallest absolute Gasteiger partial charge is 0.264 e. The Kier molecular flexibility index (Phi) is 5.86. The van der Waals surface area contributed by atoms with Gasteiger partial charge in [-0.15, -0.1) is 0 Å². The molecule has 4 rings (SSSR count). The normalized spacial score (nSPS) is 13.9. The Morgan fingerprint density at radius 3 is 1.97 bits per heavy atom. The van der Waals surface area contributed by atoms with Gasteiger partial charge in [-0.2, -0.15) is 0 Å². The number of rotatable bonds is 6. The van der Waals surface area contributed by atoms with Crippen molar-refractivity contribution in [1.82, 2.24) is 4.90 Å². The standard InChI is InChI=1S/C24H24N2O3S/c27-24(25-17-7-8-18-25)21-15-13-20(14-16-21)19-26(22-9-3-1-4-10-22)30(28,29)23-11-5-2-6-12-23/h1-6,9-16H,7-8,17-19H2. The second kappa shape index (κ2) is 8.71. The third-order valence-electron chi connectivity index (χ3n) is 5.30. The van der Waals surface area contributed by atoms with Gasteiger partial charge in [0.15, 0.2) is 0 Å². The van der Waals surface area contributed by atoms with E-state index in [-0.39, 0.29) is 17.3 Å². The fraction of sp³-hybridized carbons (Fsp3) is 0.208. The maximum absolute atomic E-state index is 13.4. The molecular formula is C24H24N2O3S. The molecule has 0 atom stereocenters. The summed E-state index contributed by atoms with van der Waals surface area (Å²) in [5.41, 5.74) is 2.05. The number of hydrogen-bond donors (Lipinski definition) is 0. The summed E-state index contributed by atoms with van der Waals surface area (Å²) in [7, 11) is -3.73. The first kappa shape index (κ1) is 20.2. The van der Waals surface area contributed by atoms with Crippen LogP contribution in [0.2, 0.25) is 0 Å². The summed E-state index contributed by atoms with van der Waals surface area (Å²) in [6, 6.07) is 24.7. The molecule has 0 spiro atoms. The van der Waals surface area contributed by atoms with Crippen LogP contribution in [-0.4, -0.2) is 32.3 Å². The lowest BCUT2D eigenvalue weighted by Crippen LogP contribution is -2.30. The zero-order valence-corrected chi connectivity index (χ0v) is 17.5. The highest BCUT2D eigenvalue weighted by Gasteiger charge is 2.25. The van der Waals surface area contributed by atoms with Crippen LogP contribution in [0.25, 0.3) is 0 Å². The van der Waals surface area contributed by atoms with Crippen LogP contribution >= 0.6 is 0 Å². The highest BCUT2D eigenvalue weighted by molar-refractivity contribution is 7.92. The predicted octanol–water partition coefficient (Wildman–Crippen LogP) is 4.32. The van der Waals surface area contributed by atoms with E-state index in [9.17, 15) is 13.2 Å². The third kappa shape index (κ3) is 4.24. The van der Waals surface area contributed by atoms with Gasteiger partial charge in [0.2, 0.25) is 0 Å². The van der Waals surface area contributed by atoms with E-state index in [1.807, 2.05) is 35.2 Å². The topological polar surface area (TPSA) is 57.7 Å². The summed E-state index contributed by atoms with van der Waals surface area (Å²) in [6.07, 6.45) is 2.10. The molecule has 3 aromatic carbocycles. The van der Waals surface area contributed by atoms with Crippen molar-refractivity contribution >= 4 is 21.6 Å². The summed E-state index contributed by atoms with van der Waals surface area (Å²) in [6.45, 7) is 1.79. The molecule has 0 unspecified atom stereocenters. The quantitative estimate of drug-likeness (QED) is 0.597. The summed E-state index contributed by atoms with van der Waals surface area (Å²) in [4.78, 5) is 14.7. The van der Waals surface area contributed by atoms with Gasteiger partial charge in [-0.05, 0) is 54.8 Å². The van der Waals surface area contributed by atoms with Crippen LogP contribution < -0.4 is 4.31 Å². The molecule has 30 heavy (non-hydrogen) atoms. The van der Waals surface area contributed by atoms with E-state index in [4.69, 9.17) is 0 Å². The average Bonchev–Trinajstić information content (AvgIpc) is 3.33. The third-order valence-corrected chi connectivity index (χ3v) is 7.08. The first-order valence-electron chi connectivity index (χ1n) is 10.1. The van der Waals surface area contributed by atoms with Gasteiger partial charge >= 0.3 is 0 Å². The number of carbonyl (C=O) groups excluding carboxylic acids is 1. The molecular weight excluding hydrogens is 396 g/mol. The van der Waals surface area contributed by atoms with Crippen LogP contribution in [0.4, 0.5) is 5.69 Å². The number of likely N-dealkylation sites (tertiary alicyclic amines) is 1. The van der Waals surface area contributed by atoms with Gasteiger partial charge < -0.3 is 4.90 Å². The molecule has 0 saturated carbocycles. The molecule has 0 aliphatic carbocycles. The van der Waals surface area contributed by atoms with Crippen LogP contribution in [0.3, 0.4) is 0 Å². The number of nitrogens with zero attached hydrogens (tertiary/aromatic N) is 2. The van der Waals surface area contributed by atoms with E-state index >= 15 is 0 Å². The number of amides is 1. The zero-order valence-electron chi connectivity index (χ0n) is 16.6. The molecule has 1 heterocycles. The van der Waals surface area contributed by atoms with E-state index in [0.29, 0.717) is 11.3 Å². The Hall–Kier alpha value is -3.12. The molecule has 1 aliphatic rings. The minimum absolute atomic E-state index is 0.0378. The Labute approximate surface area is 177 Å². The maximum atomic E-state index is 13.4. The Morgan fingerprint density at radius 1 is 0.800 bits per heavy atom.